The zero-order chi connectivity index (χ0) is 12.8. The Morgan fingerprint density at radius 2 is 2.24 bits per heavy atom. The van der Waals surface area contributed by atoms with Gasteiger partial charge in [-0.3, -0.25) is 4.98 Å². The van der Waals surface area contributed by atoms with Crippen LogP contribution < -0.4 is 10.6 Å². The lowest BCUT2D eigenvalue weighted by molar-refractivity contribution is 0.665. The summed E-state index contributed by atoms with van der Waals surface area (Å²) < 4.78 is 0. The van der Waals surface area contributed by atoms with Crippen molar-refractivity contribution in [2.24, 2.45) is 5.73 Å². The van der Waals surface area contributed by atoms with Gasteiger partial charge in [-0.15, -0.1) is 0 Å². The van der Waals surface area contributed by atoms with Gasteiger partial charge in [-0.05, 0) is 38.3 Å². The fourth-order valence-electron chi connectivity index (χ4n) is 1.78. The van der Waals surface area contributed by atoms with E-state index in [2.05, 4.69) is 36.2 Å². The number of aryl methyl sites for hydroxylation is 1. The number of hydrogen-bond donors (Lipinski definition) is 1. The lowest BCUT2D eigenvalue weighted by Crippen LogP contribution is -2.30. The molecular weight excluding hydrogens is 230 g/mol. The fourth-order valence-corrected chi connectivity index (χ4v) is 2.36. The van der Waals surface area contributed by atoms with E-state index in [1.54, 1.807) is 0 Å². The van der Waals surface area contributed by atoms with Gasteiger partial charge in [0.2, 0.25) is 0 Å². The predicted octanol–water partition coefficient (Wildman–Crippen LogP) is 2.43. The molecule has 1 rings (SSSR count). The summed E-state index contributed by atoms with van der Waals surface area (Å²) in [4.78, 5) is 6.62. The van der Waals surface area contributed by atoms with Gasteiger partial charge in [0.05, 0.1) is 0 Å². The monoisotopic (exact) mass is 253 g/mol. The van der Waals surface area contributed by atoms with Crippen molar-refractivity contribution in [1.82, 2.24) is 4.98 Å². The summed E-state index contributed by atoms with van der Waals surface area (Å²) in [7, 11) is 2.14. The van der Waals surface area contributed by atoms with Gasteiger partial charge in [0, 0.05) is 42.8 Å². The van der Waals surface area contributed by atoms with Crippen LogP contribution in [0.25, 0.3) is 0 Å². The molecule has 0 aliphatic heterocycles. The maximum Gasteiger partial charge on any atom is 0.0445 e. The fraction of sp³-hybridized carbons (Fsp3) is 0.615. The minimum atomic E-state index is 0.523. The van der Waals surface area contributed by atoms with E-state index < -0.39 is 0 Å². The Hall–Kier alpha value is -0.740. The molecule has 0 aromatic carbocycles. The molecular formula is C13H23N3S. The Morgan fingerprint density at radius 3 is 2.82 bits per heavy atom. The van der Waals surface area contributed by atoms with Crippen molar-refractivity contribution in [3.8, 4) is 0 Å². The molecule has 17 heavy (non-hydrogen) atoms. The van der Waals surface area contributed by atoms with Crippen molar-refractivity contribution < 1.29 is 0 Å². The number of nitrogens with zero attached hydrogens (tertiary/aromatic N) is 2. The highest BCUT2D eigenvalue weighted by Crippen LogP contribution is 2.22. The summed E-state index contributed by atoms with van der Waals surface area (Å²) in [5, 5.41) is 0. The van der Waals surface area contributed by atoms with Gasteiger partial charge in [0.15, 0.2) is 0 Å². The smallest absolute Gasteiger partial charge is 0.0445 e. The van der Waals surface area contributed by atoms with Gasteiger partial charge in [0.25, 0.3) is 0 Å². The van der Waals surface area contributed by atoms with Crippen LogP contribution in [-0.2, 0) is 6.54 Å². The van der Waals surface area contributed by atoms with Crippen LogP contribution in [0.5, 0.6) is 0 Å². The molecule has 96 valence electrons. The van der Waals surface area contributed by atoms with Crippen LogP contribution in [0.15, 0.2) is 12.3 Å². The molecule has 0 spiro atoms. The van der Waals surface area contributed by atoms with Gasteiger partial charge in [-0.2, -0.15) is 11.8 Å². The highest BCUT2D eigenvalue weighted by atomic mass is 32.2. The minimum absolute atomic E-state index is 0.523. The van der Waals surface area contributed by atoms with E-state index in [0.29, 0.717) is 12.6 Å². The second-order valence-electron chi connectivity index (χ2n) is 4.40. The van der Waals surface area contributed by atoms with Crippen molar-refractivity contribution in [2.45, 2.75) is 32.9 Å². The molecule has 3 nitrogen and oxygen atoms in total. The van der Waals surface area contributed by atoms with E-state index in [9.17, 15) is 0 Å². The van der Waals surface area contributed by atoms with E-state index in [1.165, 1.54) is 17.9 Å². The van der Waals surface area contributed by atoms with Crippen LogP contribution in [0.1, 0.15) is 24.6 Å². The zero-order valence-electron chi connectivity index (χ0n) is 11.2. The third-order valence-corrected chi connectivity index (χ3v) is 3.74. The Kier molecular flexibility index (Phi) is 5.78. The first-order valence-electron chi connectivity index (χ1n) is 5.97. The summed E-state index contributed by atoms with van der Waals surface area (Å²) in [6.45, 7) is 4.82. The summed E-state index contributed by atoms with van der Waals surface area (Å²) in [5.74, 6) is 1.19. The van der Waals surface area contributed by atoms with E-state index in [4.69, 9.17) is 5.73 Å². The molecule has 1 aromatic rings. The third-order valence-electron chi connectivity index (χ3n) is 3.10. The van der Waals surface area contributed by atoms with Crippen molar-refractivity contribution in [2.75, 3.05) is 24.0 Å². The third kappa shape index (κ3) is 3.89. The summed E-state index contributed by atoms with van der Waals surface area (Å²) in [5.41, 5.74) is 9.15. The molecule has 1 atom stereocenters. The van der Waals surface area contributed by atoms with Crippen molar-refractivity contribution >= 4 is 17.4 Å². The Balaban J connectivity index is 2.86. The summed E-state index contributed by atoms with van der Waals surface area (Å²) in [6, 6.07) is 2.65. The molecule has 0 radical (unpaired) electrons. The van der Waals surface area contributed by atoms with Crippen LogP contribution >= 0.6 is 11.8 Å². The second-order valence-corrected chi connectivity index (χ2v) is 5.39. The first kappa shape index (κ1) is 14.3. The van der Waals surface area contributed by atoms with E-state index in [0.717, 1.165) is 11.3 Å². The molecule has 1 unspecified atom stereocenters. The van der Waals surface area contributed by atoms with Gasteiger partial charge in [0.1, 0.15) is 0 Å². The number of hydrogen-bond acceptors (Lipinski definition) is 4. The Labute approximate surface area is 109 Å². The molecule has 0 aliphatic carbocycles. The zero-order valence-corrected chi connectivity index (χ0v) is 12.0. The number of nitrogens with two attached hydrogens (primary N) is 1. The number of rotatable bonds is 6. The predicted molar refractivity (Wildman–Crippen MR) is 77.7 cm³/mol. The molecule has 1 aromatic heterocycles. The van der Waals surface area contributed by atoms with Gasteiger partial charge in [-0.25, -0.2) is 0 Å². The lowest BCUT2D eigenvalue weighted by atomic mass is 10.1. The van der Waals surface area contributed by atoms with Crippen LogP contribution in [0.2, 0.25) is 0 Å². The van der Waals surface area contributed by atoms with Crippen LogP contribution in [0, 0.1) is 6.92 Å². The minimum Gasteiger partial charge on any atom is -0.371 e. The number of pyridine rings is 1. The van der Waals surface area contributed by atoms with Gasteiger partial charge in [-0.1, -0.05) is 0 Å². The molecule has 0 aliphatic rings. The van der Waals surface area contributed by atoms with Crippen molar-refractivity contribution in [1.29, 1.82) is 0 Å². The van der Waals surface area contributed by atoms with Crippen molar-refractivity contribution in [3.05, 3.63) is 23.5 Å². The number of thioether (sulfide) groups is 1. The topological polar surface area (TPSA) is 42.2 Å². The van der Waals surface area contributed by atoms with Crippen molar-refractivity contribution in [3.63, 3.8) is 0 Å². The first-order chi connectivity index (χ1) is 8.10. The standard InChI is InChI=1S/C13H23N3S/c1-10-7-13(12(8-14)9-15-10)16(3)11(2)5-6-17-4/h7,9,11H,5-6,8,14H2,1-4H3. The van der Waals surface area contributed by atoms with E-state index in [-0.39, 0.29) is 0 Å². The van der Waals surface area contributed by atoms with Crippen LogP contribution in [0.3, 0.4) is 0 Å². The van der Waals surface area contributed by atoms with E-state index >= 15 is 0 Å². The Bertz CT molecular complexity index is 355. The maximum absolute atomic E-state index is 5.77. The second kappa shape index (κ2) is 6.87. The molecule has 0 amide bonds. The van der Waals surface area contributed by atoms with Gasteiger partial charge >= 0.3 is 0 Å². The molecule has 1 heterocycles. The van der Waals surface area contributed by atoms with Crippen LogP contribution in [-0.4, -0.2) is 30.1 Å². The van der Waals surface area contributed by atoms with E-state index in [1.807, 2.05) is 24.9 Å². The summed E-state index contributed by atoms with van der Waals surface area (Å²) in [6.07, 6.45) is 5.22. The number of aromatic nitrogens is 1. The normalized spacial score (nSPS) is 12.5. The average molecular weight is 253 g/mol. The molecule has 0 fully saturated rings. The lowest BCUT2D eigenvalue weighted by Gasteiger charge is -2.29. The summed E-state index contributed by atoms with van der Waals surface area (Å²) >= 11 is 1.89. The quantitative estimate of drug-likeness (QED) is 0.845. The molecule has 4 heteroatoms. The first-order valence-corrected chi connectivity index (χ1v) is 7.37. The average Bonchev–Trinajstić information content (AvgIpc) is 2.34. The Morgan fingerprint density at radius 1 is 1.53 bits per heavy atom. The molecule has 2 N–H and O–H groups in total. The largest absolute Gasteiger partial charge is 0.371 e. The van der Waals surface area contributed by atoms with Gasteiger partial charge < -0.3 is 10.6 Å². The molecule has 0 saturated heterocycles. The molecule has 0 bridgehead atoms. The SMILES string of the molecule is CSCCC(C)N(C)c1cc(C)ncc1CN. The van der Waals surface area contributed by atoms with Crippen LogP contribution in [0.4, 0.5) is 5.69 Å². The highest BCUT2D eigenvalue weighted by Gasteiger charge is 2.13. The maximum atomic E-state index is 5.77. The number of anilines is 1. The molecule has 0 saturated carbocycles. The highest BCUT2D eigenvalue weighted by molar-refractivity contribution is 7.98.